The Morgan fingerprint density at radius 2 is 1.95 bits per heavy atom. The smallest absolute Gasteiger partial charge is 0.256 e. The molecule has 3 rings (SSSR count). The van der Waals surface area contributed by atoms with E-state index in [0.717, 1.165) is 9.13 Å². The average molecular weight is 365 g/mol. The zero-order valence-electron chi connectivity index (χ0n) is 9.81. The molecule has 19 heavy (non-hydrogen) atoms. The molecule has 3 aromatic rings. The molecule has 0 fully saturated rings. The Kier molecular flexibility index (Phi) is 3.33. The lowest BCUT2D eigenvalue weighted by Gasteiger charge is -1.92. The van der Waals surface area contributed by atoms with Gasteiger partial charge in [-0.3, -0.25) is 0 Å². The van der Waals surface area contributed by atoms with Crippen LogP contribution in [0.25, 0.3) is 23.0 Å². The van der Waals surface area contributed by atoms with Crippen LogP contribution in [0.15, 0.2) is 52.9 Å². The summed E-state index contributed by atoms with van der Waals surface area (Å²) in [7, 11) is 0. The summed E-state index contributed by atoms with van der Waals surface area (Å²) in [4.78, 5) is 4.15. The van der Waals surface area contributed by atoms with Crippen molar-refractivity contribution < 1.29 is 8.81 Å². The van der Waals surface area contributed by atoms with Gasteiger partial charge < -0.3 is 4.42 Å². The van der Waals surface area contributed by atoms with Gasteiger partial charge in [0.05, 0.1) is 0 Å². The van der Waals surface area contributed by atoms with Crippen LogP contribution in [0.5, 0.6) is 0 Å². The summed E-state index contributed by atoms with van der Waals surface area (Å²) in [6.45, 7) is 0. The highest BCUT2D eigenvalue weighted by atomic mass is 127. The molecule has 0 atom stereocenters. The SMILES string of the molecule is FC(=Cc1ccccc1)c1nc2cc(I)ccc2o1. The van der Waals surface area contributed by atoms with Crippen LogP contribution in [0.2, 0.25) is 0 Å². The zero-order chi connectivity index (χ0) is 13.2. The third-order valence-corrected chi connectivity index (χ3v) is 3.32. The molecule has 0 radical (unpaired) electrons. The van der Waals surface area contributed by atoms with Crippen LogP contribution in [0.1, 0.15) is 11.5 Å². The van der Waals surface area contributed by atoms with E-state index in [1.807, 2.05) is 42.5 Å². The average Bonchev–Trinajstić information content (AvgIpc) is 2.83. The van der Waals surface area contributed by atoms with E-state index in [0.29, 0.717) is 11.1 Å². The van der Waals surface area contributed by atoms with Gasteiger partial charge in [0.15, 0.2) is 11.4 Å². The summed E-state index contributed by atoms with van der Waals surface area (Å²) in [5.41, 5.74) is 2.03. The van der Waals surface area contributed by atoms with Crippen LogP contribution in [-0.2, 0) is 0 Å². The van der Waals surface area contributed by atoms with Gasteiger partial charge in [0, 0.05) is 3.57 Å². The minimum absolute atomic E-state index is 0.0147. The van der Waals surface area contributed by atoms with Crippen molar-refractivity contribution in [1.29, 1.82) is 0 Å². The number of fused-ring (bicyclic) bond motifs is 1. The molecule has 2 nitrogen and oxygen atoms in total. The first-order valence-electron chi connectivity index (χ1n) is 5.71. The largest absolute Gasteiger partial charge is 0.434 e. The number of benzene rings is 2. The maximum atomic E-state index is 14.1. The van der Waals surface area contributed by atoms with Crippen LogP contribution in [0.4, 0.5) is 4.39 Å². The van der Waals surface area contributed by atoms with E-state index in [1.165, 1.54) is 6.08 Å². The van der Waals surface area contributed by atoms with E-state index in [-0.39, 0.29) is 5.89 Å². The van der Waals surface area contributed by atoms with Gasteiger partial charge in [-0.25, -0.2) is 9.37 Å². The first kappa shape index (κ1) is 12.3. The van der Waals surface area contributed by atoms with Gasteiger partial charge in [-0.1, -0.05) is 30.3 Å². The Morgan fingerprint density at radius 1 is 1.16 bits per heavy atom. The normalized spacial score (nSPS) is 12.0. The second-order valence-electron chi connectivity index (χ2n) is 4.03. The van der Waals surface area contributed by atoms with E-state index < -0.39 is 5.83 Å². The molecule has 4 heteroatoms. The number of nitrogens with zero attached hydrogens (tertiary/aromatic N) is 1. The van der Waals surface area contributed by atoms with Gasteiger partial charge >= 0.3 is 0 Å². The Balaban J connectivity index is 2.02. The highest BCUT2D eigenvalue weighted by Crippen LogP contribution is 2.24. The minimum atomic E-state index is -0.475. The Hall–Kier alpha value is -1.69. The van der Waals surface area contributed by atoms with E-state index in [2.05, 4.69) is 27.6 Å². The summed E-state index contributed by atoms with van der Waals surface area (Å²) in [5, 5.41) is 0. The fraction of sp³-hybridized carbons (Fsp3) is 0. The quantitative estimate of drug-likeness (QED) is 0.604. The summed E-state index contributed by atoms with van der Waals surface area (Å²) >= 11 is 2.18. The van der Waals surface area contributed by atoms with Crippen molar-refractivity contribution in [3.8, 4) is 0 Å². The molecular weight excluding hydrogens is 356 g/mol. The Labute approximate surface area is 123 Å². The number of aromatic nitrogens is 1. The molecule has 1 heterocycles. The zero-order valence-corrected chi connectivity index (χ0v) is 12.0. The lowest BCUT2D eigenvalue weighted by atomic mass is 10.2. The van der Waals surface area contributed by atoms with Crippen LogP contribution in [0.3, 0.4) is 0 Å². The molecule has 2 aromatic carbocycles. The topological polar surface area (TPSA) is 26.0 Å². The van der Waals surface area contributed by atoms with Gasteiger partial charge in [-0.05, 0) is 52.4 Å². The molecule has 0 saturated heterocycles. The molecule has 0 aliphatic heterocycles. The molecule has 0 spiro atoms. The van der Waals surface area contributed by atoms with Crippen LogP contribution in [0, 0.1) is 3.57 Å². The van der Waals surface area contributed by atoms with E-state index >= 15 is 0 Å². The number of hydrogen-bond acceptors (Lipinski definition) is 2. The first-order chi connectivity index (χ1) is 9.22. The molecule has 0 amide bonds. The first-order valence-corrected chi connectivity index (χ1v) is 6.79. The predicted molar refractivity (Wildman–Crippen MR) is 82.1 cm³/mol. The highest BCUT2D eigenvalue weighted by molar-refractivity contribution is 14.1. The van der Waals surface area contributed by atoms with Gasteiger partial charge in [-0.2, -0.15) is 0 Å². The maximum Gasteiger partial charge on any atom is 0.256 e. The highest BCUT2D eigenvalue weighted by Gasteiger charge is 2.10. The number of rotatable bonds is 2. The van der Waals surface area contributed by atoms with Crippen molar-refractivity contribution in [2.24, 2.45) is 0 Å². The summed E-state index contributed by atoms with van der Waals surface area (Å²) < 4.78 is 20.5. The predicted octanol–water partition coefficient (Wildman–Crippen LogP) is 4.90. The van der Waals surface area contributed by atoms with Gasteiger partial charge in [0.25, 0.3) is 5.89 Å². The maximum absolute atomic E-state index is 14.1. The van der Waals surface area contributed by atoms with Crippen molar-refractivity contribution in [3.05, 3.63) is 63.6 Å². The third-order valence-electron chi connectivity index (χ3n) is 2.65. The second kappa shape index (κ2) is 5.13. The van der Waals surface area contributed by atoms with Gasteiger partial charge in [0.1, 0.15) is 5.52 Å². The summed E-state index contributed by atoms with van der Waals surface area (Å²) in [5.74, 6) is -0.460. The lowest BCUT2D eigenvalue weighted by Crippen LogP contribution is -1.78. The number of oxazole rings is 1. The van der Waals surface area contributed by atoms with E-state index in [1.54, 1.807) is 6.07 Å². The molecule has 1 aromatic heterocycles. The Morgan fingerprint density at radius 3 is 2.74 bits per heavy atom. The van der Waals surface area contributed by atoms with Crippen molar-refractivity contribution in [2.75, 3.05) is 0 Å². The molecular formula is C15H9FINO. The van der Waals surface area contributed by atoms with Crippen molar-refractivity contribution in [2.45, 2.75) is 0 Å². The Bertz CT molecular complexity index is 749. The molecule has 0 bridgehead atoms. The molecule has 0 aliphatic rings. The number of hydrogen-bond donors (Lipinski definition) is 0. The van der Waals surface area contributed by atoms with Gasteiger partial charge in [-0.15, -0.1) is 0 Å². The van der Waals surface area contributed by atoms with Crippen molar-refractivity contribution in [1.82, 2.24) is 4.98 Å². The standard InChI is InChI=1S/C15H9FINO/c16-12(8-10-4-2-1-3-5-10)15-18-13-9-11(17)6-7-14(13)19-15/h1-9H. The molecule has 0 unspecified atom stereocenters. The summed E-state index contributed by atoms with van der Waals surface area (Å²) in [6, 6.07) is 14.8. The number of halogens is 2. The van der Waals surface area contributed by atoms with E-state index in [4.69, 9.17) is 4.42 Å². The van der Waals surface area contributed by atoms with Gasteiger partial charge in [0.2, 0.25) is 0 Å². The van der Waals surface area contributed by atoms with Crippen LogP contribution >= 0.6 is 22.6 Å². The van der Waals surface area contributed by atoms with Crippen molar-refractivity contribution >= 4 is 45.6 Å². The molecule has 0 aliphatic carbocycles. The second-order valence-corrected chi connectivity index (χ2v) is 5.28. The fourth-order valence-electron chi connectivity index (χ4n) is 1.76. The fourth-order valence-corrected chi connectivity index (χ4v) is 2.23. The molecule has 0 N–H and O–H groups in total. The lowest BCUT2D eigenvalue weighted by molar-refractivity contribution is 0.556. The van der Waals surface area contributed by atoms with Crippen molar-refractivity contribution in [3.63, 3.8) is 0 Å². The van der Waals surface area contributed by atoms with E-state index in [9.17, 15) is 4.39 Å². The van der Waals surface area contributed by atoms with Crippen LogP contribution < -0.4 is 0 Å². The summed E-state index contributed by atoms with van der Waals surface area (Å²) in [6.07, 6.45) is 1.41. The minimum Gasteiger partial charge on any atom is -0.434 e. The molecule has 0 saturated carbocycles. The third kappa shape index (κ3) is 2.68. The van der Waals surface area contributed by atoms with Crippen LogP contribution in [-0.4, -0.2) is 4.98 Å². The monoisotopic (exact) mass is 365 g/mol. The molecule has 94 valence electrons.